The SMILES string of the molecule is C/C=C/CCC1CCC2CC(c3ccc(-c4cc(F)c(Cl)c(F)c4)cc3)CCC2C1. The Balaban J connectivity index is 1.38. The maximum atomic E-state index is 13.8. The van der Waals surface area contributed by atoms with E-state index in [2.05, 4.69) is 31.2 Å². The lowest BCUT2D eigenvalue weighted by molar-refractivity contribution is 0.115. The number of fused-ring (bicyclic) bond motifs is 1. The Morgan fingerprint density at radius 2 is 1.57 bits per heavy atom. The zero-order valence-electron chi connectivity index (χ0n) is 17.7. The minimum absolute atomic E-state index is 0.441. The molecule has 3 heteroatoms. The van der Waals surface area contributed by atoms with Crippen molar-refractivity contribution in [1.82, 2.24) is 0 Å². The van der Waals surface area contributed by atoms with E-state index in [1.54, 1.807) is 0 Å². The molecular weight excluding hydrogens is 398 g/mol. The Morgan fingerprint density at radius 3 is 2.27 bits per heavy atom. The van der Waals surface area contributed by atoms with Crippen LogP contribution in [0.3, 0.4) is 0 Å². The number of benzene rings is 2. The molecule has 2 saturated carbocycles. The highest BCUT2D eigenvalue weighted by Crippen LogP contribution is 2.48. The van der Waals surface area contributed by atoms with Gasteiger partial charge in [0, 0.05) is 0 Å². The first-order valence-corrected chi connectivity index (χ1v) is 11.8. The molecule has 0 nitrogen and oxygen atoms in total. The van der Waals surface area contributed by atoms with E-state index in [-0.39, 0.29) is 0 Å². The van der Waals surface area contributed by atoms with Gasteiger partial charge in [-0.15, -0.1) is 0 Å². The first-order chi connectivity index (χ1) is 14.5. The Labute approximate surface area is 184 Å². The Bertz CT molecular complexity index is 863. The standard InChI is InChI=1S/C27H31ClF2/c1-2-3-4-5-18-6-7-23-15-22(13-12-21(23)14-18)19-8-10-20(11-9-19)24-16-25(29)27(28)26(30)17-24/h2-3,8-11,16-18,21-23H,4-7,12-15H2,1H3/b3-2+. The van der Waals surface area contributed by atoms with Crippen LogP contribution in [0.25, 0.3) is 11.1 Å². The van der Waals surface area contributed by atoms with E-state index in [9.17, 15) is 8.78 Å². The lowest BCUT2D eigenvalue weighted by Gasteiger charge is -2.42. The normalized spacial score (nSPS) is 26.7. The van der Waals surface area contributed by atoms with E-state index in [4.69, 9.17) is 11.6 Å². The fourth-order valence-corrected chi connectivity index (χ4v) is 5.83. The van der Waals surface area contributed by atoms with Gasteiger partial charge >= 0.3 is 0 Å². The van der Waals surface area contributed by atoms with Crippen LogP contribution in [-0.2, 0) is 0 Å². The summed E-state index contributed by atoms with van der Waals surface area (Å²) in [6.45, 7) is 2.11. The van der Waals surface area contributed by atoms with Crippen LogP contribution in [0.2, 0.25) is 5.02 Å². The molecule has 2 fully saturated rings. The molecule has 4 atom stereocenters. The number of rotatable bonds is 5. The lowest BCUT2D eigenvalue weighted by atomic mass is 9.63. The predicted octanol–water partition coefficient (Wildman–Crippen LogP) is 8.94. The summed E-state index contributed by atoms with van der Waals surface area (Å²) < 4.78 is 27.6. The quantitative estimate of drug-likeness (QED) is 0.329. The van der Waals surface area contributed by atoms with E-state index in [1.807, 2.05) is 12.1 Å². The molecule has 30 heavy (non-hydrogen) atoms. The zero-order chi connectivity index (χ0) is 21.1. The topological polar surface area (TPSA) is 0 Å². The summed E-state index contributed by atoms with van der Waals surface area (Å²) in [6.07, 6.45) is 15.1. The highest BCUT2D eigenvalue weighted by atomic mass is 35.5. The van der Waals surface area contributed by atoms with Crippen molar-refractivity contribution in [2.45, 2.75) is 64.2 Å². The molecule has 0 bridgehead atoms. The molecular formula is C27H31ClF2. The fourth-order valence-electron chi connectivity index (χ4n) is 5.72. The minimum Gasteiger partial charge on any atom is -0.205 e. The van der Waals surface area contributed by atoms with Crippen molar-refractivity contribution in [2.24, 2.45) is 17.8 Å². The van der Waals surface area contributed by atoms with Crippen molar-refractivity contribution in [1.29, 1.82) is 0 Å². The van der Waals surface area contributed by atoms with Crippen LogP contribution in [0.4, 0.5) is 8.78 Å². The van der Waals surface area contributed by atoms with Crippen LogP contribution in [0.15, 0.2) is 48.6 Å². The van der Waals surface area contributed by atoms with Crippen molar-refractivity contribution >= 4 is 11.6 Å². The van der Waals surface area contributed by atoms with Gasteiger partial charge < -0.3 is 0 Å². The van der Waals surface area contributed by atoms with Gasteiger partial charge in [-0.3, -0.25) is 0 Å². The third-order valence-corrected chi connectivity index (χ3v) is 7.76. The van der Waals surface area contributed by atoms with Crippen molar-refractivity contribution in [3.05, 3.63) is 70.8 Å². The third kappa shape index (κ3) is 4.80. The second kappa shape index (κ2) is 9.64. The Hall–Kier alpha value is -1.67. The summed E-state index contributed by atoms with van der Waals surface area (Å²) >= 11 is 5.61. The van der Waals surface area contributed by atoms with Gasteiger partial charge in [-0.05, 0) is 104 Å². The van der Waals surface area contributed by atoms with Gasteiger partial charge in [0.2, 0.25) is 0 Å². The number of hydrogen-bond donors (Lipinski definition) is 0. The summed E-state index contributed by atoms with van der Waals surface area (Å²) in [6, 6.07) is 10.9. The van der Waals surface area contributed by atoms with E-state index in [1.165, 1.54) is 69.1 Å². The Kier molecular flexibility index (Phi) is 6.93. The lowest BCUT2D eigenvalue weighted by Crippen LogP contribution is -2.30. The van der Waals surface area contributed by atoms with Crippen LogP contribution in [0.1, 0.15) is 69.8 Å². The van der Waals surface area contributed by atoms with Crippen LogP contribution in [0.5, 0.6) is 0 Å². The molecule has 0 spiro atoms. The van der Waals surface area contributed by atoms with Crippen LogP contribution < -0.4 is 0 Å². The molecule has 4 rings (SSSR count). The van der Waals surface area contributed by atoms with E-state index in [0.717, 1.165) is 23.3 Å². The average molecular weight is 429 g/mol. The van der Waals surface area contributed by atoms with Gasteiger partial charge in [0.25, 0.3) is 0 Å². The van der Waals surface area contributed by atoms with Crippen molar-refractivity contribution in [3.63, 3.8) is 0 Å². The molecule has 2 aliphatic rings. The van der Waals surface area contributed by atoms with E-state index in [0.29, 0.717) is 11.5 Å². The van der Waals surface area contributed by atoms with E-state index >= 15 is 0 Å². The highest BCUT2D eigenvalue weighted by molar-refractivity contribution is 6.31. The summed E-state index contributed by atoms with van der Waals surface area (Å²) in [5.74, 6) is 1.87. The number of hydrogen-bond acceptors (Lipinski definition) is 0. The monoisotopic (exact) mass is 428 g/mol. The largest absolute Gasteiger partial charge is 0.205 e. The molecule has 4 unspecified atom stereocenters. The molecule has 0 N–H and O–H groups in total. The zero-order valence-corrected chi connectivity index (χ0v) is 18.5. The highest BCUT2D eigenvalue weighted by Gasteiger charge is 2.35. The van der Waals surface area contributed by atoms with Crippen molar-refractivity contribution in [2.75, 3.05) is 0 Å². The molecule has 2 aromatic carbocycles. The first-order valence-electron chi connectivity index (χ1n) is 11.4. The number of halogens is 3. The van der Waals surface area contributed by atoms with Gasteiger partial charge in [0.1, 0.15) is 16.7 Å². The molecule has 0 heterocycles. The molecule has 2 aliphatic carbocycles. The second-order valence-electron chi connectivity index (χ2n) is 9.23. The van der Waals surface area contributed by atoms with Gasteiger partial charge in [-0.25, -0.2) is 8.78 Å². The minimum atomic E-state index is -0.713. The third-order valence-electron chi connectivity index (χ3n) is 7.40. The molecule has 0 aromatic heterocycles. The summed E-state index contributed by atoms with van der Waals surface area (Å²) in [7, 11) is 0. The molecule has 0 radical (unpaired) electrons. The summed E-state index contributed by atoms with van der Waals surface area (Å²) in [5.41, 5.74) is 2.71. The molecule has 160 valence electrons. The summed E-state index contributed by atoms with van der Waals surface area (Å²) in [4.78, 5) is 0. The van der Waals surface area contributed by atoms with Gasteiger partial charge in [-0.1, -0.05) is 54.4 Å². The molecule has 2 aromatic rings. The van der Waals surface area contributed by atoms with Crippen LogP contribution >= 0.6 is 11.6 Å². The maximum Gasteiger partial charge on any atom is 0.145 e. The summed E-state index contributed by atoms with van der Waals surface area (Å²) in [5, 5.41) is -0.441. The van der Waals surface area contributed by atoms with Gasteiger partial charge in [-0.2, -0.15) is 0 Å². The first kappa shape index (κ1) is 21.6. The van der Waals surface area contributed by atoms with Crippen molar-refractivity contribution < 1.29 is 8.78 Å². The number of allylic oxidation sites excluding steroid dienone is 2. The fraction of sp³-hybridized carbons (Fsp3) is 0.481. The van der Waals surface area contributed by atoms with Gasteiger partial charge in [0.15, 0.2) is 0 Å². The van der Waals surface area contributed by atoms with Crippen LogP contribution in [-0.4, -0.2) is 0 Å². The maximum absolute atomic E-state index is 13.8. The van der Waals surface area contributed by atoms with Crippen molar-refractivity contribution in [3.8, 4) is 11.1 Å². The second-order valence-corrected chi connectivity index (χ2v) is 9.61. The molecule has 0 saturated heterocycles. The van der Waals surface area contributed by atoms with Crippen LogP contribution in [0, 0.1) is 29.4 Å². The molecule has 0 aliphatic heterocycles. The van der Waals surface area contributed by atoms with E-state index < -0.39 is 16.7 Å². The smallest absolute Gasteiger partial charge is 0.145 e. The van der Waals surface area contributed by atoms with Gasteiger partial charge in [0.05, 0.1) is 0 Å². The Morgan fingerprint density at radius 1 is 0.900 bits per heavy atom. The average Bonchev–Trinajstić information content (AvgIpc) is 2.77. The predicted molar refractivity (Wildman–Crippen MR) is 122 cm³/mol. The molecule has 0 amide bonds.